The number of anilines is 1. The highest BCUT2D eigenvalue weighted by Crippen LogP contribution is 2.13. The monoisotopic (exact) mass is 268 g/mol. The first-order valence-corrected chi connectivity index (χ1v) is 5.86. The van der Waals surface area contributed by atoms with E-state index in [1.807, 2.05) is 0 Å². The van der Waals surface area contributed by atoms with Crippen LogP contribution in [0.1, 0.15) is 16.1 Å². The minimum Gasteiger partial charge on any atom is -0.508 e. The Labute approximate surface area is 115 Å². The van der Waals surface area contributed by atoms with Gasteiger partial charge in [-0.25, -0.2) is 4.98 Å². The van der Waals surface area contributed by atoms with Gasteiger partial charge in [0, 0.05) is 5.56 Å². The van der Waals surface area contributed by atoms with Gasteiger partial charge in [0.25, 0.3) is 5.91 Å². The first kappa shape index (κ1) is 13.6. The quantitative estimate of drug-likeness (QED) is 0.719. The Morgan fingerprint density at radius 3 is 2.80 bits per heavy atom. The van der Waals surface area contributed by atoms with Gasteiger partial charge in [-0.3, -0.25) is 4.79 Å². The molecule has 1 heterocycles. The van der Waals surface area contributed by atoms with Crippen LogP contribution < -0.4 is 5.32 Å². The number of hydrogen-bond donors (Lipinski definition) is 3. The lowest BCUT2D eigenvalue weighted by molar-refractivity contribution is 0.102. The Bertz CT molecular complexity index is 687. The van der Waals surface area contributed by atoms with Crippen molar-refractivity contribution in [1.82, 2.24) is 4.98 Å². The second-order valence-corrected chi connectivity index (χ2v) is 3.87. The molecule has 0 aliphatic rings. The first-order chi connectivity index (χ1) is 9.69. The highest BCUT2D eigenvalue weighted by molar-refractivity contribution is 6.04. The molecule has 1 amide bonds. The largest absolute Gasteiger partial charge is 0.508 e. The standard InChI is InChI=1S/C15H12N2O3/c18-9-3-6-12-5-2-8-14(16-12)17-15(20)11-4-1-7-13(19)10-11/h1-2,4-5,7-8,10,18-19H,9H2,(H,16,17,20). The summed E-state index contributed by atoms with van der Waals surface area (Å²) >= 11 is 0. The van der Waals surface area contributed by atoms with Crippen LogP contribution in [0.15, 0.2) is 42.5 Å². The highest BCUT2D eigenvalue weighted by Gasteiger charge is 2.07. The highest BCUT2D eigenvalue weighted by atomic mass is 16.3. The molecule has 0 aliphatic carbocycles. The van der Waals surface area contributed by atoms with Crippen LogP contribution in [0.5, 0.6) is 5.75 Å². The van der Waals surface area contributed by atoms with Crippen molar-refractivity contribution in [3.05, 3.63) is 53.7 Å². The number of nitrogens with zero attached hydrogens (tertiary/aromatic N) is 1. The van der Waals surface area contributed by atoms with E-state index in [0.29, 0.717) is 17.1 Å². The summed E-state index contributed by atoms with van der Waals surface area (Å²) in [6, 6.07) is 11.0. The fourth-order valence-corrected chi connectivity index (χ4v) is 1.54. The van der Waals surface area contributed by atoms with Crippen molar-refractivity contribution in [2.45, 2.75) is 0 Å². The predicted molar refractivity (Wildman–Crippen MR) is 74.3 cm³/mol. The number of phenolic OH excluding ortho intramolecular Hbond substituents is 1. The molecule has 100 valence electrons. The molecular weight excluding hydrogens is 256 g/mol. The van der Waals surface area contributed by atoms with Crippen LogP contribution >= 0.6 is 0 Å². The van der Waals surface area contributed by atoms with Gasteiger partial charge in [-0.2, -0.15) is 0 Å². The van der Waals surface area contributed by atoms with Crippen LogP contribution in [0.25, 0.3) is 0 Å². The lowest BCUT2D eigenvalue weighted by Crippen LogP contribution is -2.13. The maximum absolute atomic E-state index is 12.0. The zero-order valence-electron chi connectivity index (χ0n) is 10.5. The number of amides is 1. The molecule has 0 saturated carbocycles. The number of benzene rings is 1. The average Bonchev–Trinajstić information content (AvgIpc) is 2.45. The summed E-state index contributed by atoms with van der Waals surface area (Å²) in [4.78, 5) is 16.1. The van der Waals surface area contributed by atoms with Gasteiger partial charge in [0.1, 0.15) is 23.9 Å². The van der Waals surface area contributed by atoms with E-state index in [1.165, 1.54) is 12.1 Å². The Kier molecular flexibility index (Phi) is 4.32. The van der Waals surface area contributed by atoms with Crippen molar-refractivity contribution < 1.29 is 15.0 Å². The number of rotatable bonds is 2. The average molecular weight is 268 g/mol. The van der Waals surface area contributed by atoms with Gasteiger partial charge in [-0.1, -0.05) is 18.1 Å². The van der Waals surface area contributed by atoms with Crippen molar-refractivity contribution in [3.8, 4) is 17.6 Å². The Balaban J connectivity index is 2.15. The fraction of sp³-hybridized carbons (Fsp3) is 0.0667. The third-order valence-electron chi connectivity index (χ3n) is 2.39. The molecule has 2 aromatic rings. The SMILES string of the molecule is O=C(Nc1cccc(C#CCO)n1)c1cccc(O)c1. The molecule has 0 unspecified atom stereocenters. The van der Waals surface area contributed by atoms with Crippen LogP contribution in [0.3, 0.4) is 0 Å². The molecule has 0 fully saturated rings. The van der Waals surface area contributed by atoms with Crippen molar-refractivity contribution in [2.75, 3.05) is 11.9 Å². The minimum atomic E-state index is -0.374. The molecule has 20 heavy (non-hydrogen) atoms. The Morgan fingerprint density at radius 1 is 1.25 bits per heavy atom. The van der Waals surface area contributed by atoms with Gasteiger partial charge in [0.15, 0.2) is 0 Å². The topological polar surface area (TPSA) is 82.5 Å². The van der Waals surface area contributed by atoms with Gasteiger partial charge in [0.2, 0.25) is 0 Å². The number of aliphatic hydroxyl groups is 1. The molecule has 2 rings (SSSR count). The van der Waals surface area contributed by atoms with Crippen LogP contribution in [0, 0.1) is 11.8 Å². The maximum Gasteiger partial charge on any atom is 0.256 e. The summed E-state index contributed by atoms with van der Waals surface area (Å²) in [6.07, 6.45) is 0. The number of nitrogens with one attached hydrogen (secondary N) is 1. The Hall–Kier alpha value is -2.84. The van der Waals surface area contributed by atoms with Gasteiger partial charge < -0.3 is 15.5 Å². The van der Waals surface area contributed by atoms with Crippen molar-refractivity contribution in [3.63, 3.8) is 0 Å². The second-order valence-electron chi connectivity index (χ2n) is 3.87. The third-order valence-corrected chi connectivity index (χ3v) is 2.39. The second kappa shape index (κ2) is 6.36. The molecule has 0 atom stereocenters. The Morgan fingerprint density at radius 2 is 2.05 bits per heavy atom. The molecule has 0 aliphatic heterocycles. The van der Waals surface area contributed by atoms with Crippen LogP contribution in [-0.2, 0) is 0 Å². The normalized spacial score (nSPS) is 9.45. The fourth-order valence-electron chi connectivity index (χ4n) is 1.54. The zero-order valence-corrected chi connectivity index (χ0v) is 10.5. The van der Waals surface area contributed by atoms with Gasteiger partial charge >= 0.3 is 0 Å². The molecule has 1 aromatic heterocycles. The molecular formula is C15H12N2O3. The van der Waals surface area contributed by atoms with E-state index in [0.717, 1.165) is 0 Å². The van der Waals surface area contributed by atoms with E-state index in [-0.39, 0.29) is 18.3 Å². The maximum atomic E-state index is 12.0. The van der Waals surface area contributed by atoms with Crippen molar-refractivity contribution in [1.29, 1.82) is 0 Å². The summed E-state index contributed by atoms with van der Waals surface area (Å²) in [5, 5.41) is 20.6. The van der Waals surface area contributed by atoms with E-state index in [4.69, 9.17) is 5.11 Å². The predicted octanol–water partition coefficient (Wildman–Crippen LogP) is 1.38. The summed E-state index contributed by atoms with van der Waals surface area (Å²) in [7, 11) is 0. The zero-order chi connectivity index (χ0) is 14.4. The lowest BCUT2D eigenvalue weighted by atomic mass is 10.2. The number of carbonyl (C=O) groups excluding carboxylic acids is 1. The van der Waals surface area contributed by atoms with Crippen molar-refractivity contribution in [2.24, 2.45) is 0 Å². The number of carbonyl (C=O) groups is 1. The molecule has 3 N–H and O–H groups in total. The number of pyridine rings is 1. The molecule has 0 spiro atoms. The molecule has 0 bridgehead atoms. The van der Waals surface area contributed by atoms with E-state index >= 15 is 0 Å². The molecule has 0 radical (unpaired) electrons. The van der Waals surface area contributed by atoms with Crippen LogP contribution in [0.4, 0.5) is 5.82 Å². The number of aromatic hydroxyl groups is 1. The first-order valence-electron chi connectivity index (χ1n) is 5.86. The number of aromatic nitrogens is 1. The van der Waals surface area contributed by atoms with Gasteiger partial charge in [0.05, 0.1) is 0 Å². The van der Waals surface area contributed by atoms with Crippen LogP contribution in [0.2, 0.25) is 0 Å². The molecule has 5 heteroatoms. The molecule has 5 nitrogen and oxygen atoms in total. The summed E-state index contributed by atoms with van der Waals surface area (Å²) in [5.74, 6) is 5.13. The summed E-state index contributed by atoms with van der Waals surface area (Å²) in [6.45, 7) is -0.248. The van der Waals surface area contributed by atoms with E-state index in [1.54, 1.807) is 30.3 Å². The van der Waals surface area contributed by atoms with Crippen LogP contribution in [-0.4, -0.2) is 27.7 Å². The van der Waals surface area contributed by atoms with E-state index in [9.17, 15) is 9.90 Å². The van der Waals surface area contributed by atoms with Crippen molar-refractivity contribution >= 4 is 11.7 Å². The van der Waals surface area contributed by atoms with E-state index in [2.05, 4.69) is 22.1 Å². The number of phenols is 1. The summed E-state index contributed by atoms with van der Waals surface area (Å²) in [5.41, 5.74) is 0.784. The minimum absolute atomic E-state index is 0.0215. The molecule has 0 saturated heterocycles. The lowest BCUT2D eigenvalue weighted by Gasteiger charge is -2.05. The van der Waals surface area contributed by atoms with Gasteiger partial charge in [-0.05, 0) is 36.3 Å². The smallest absolute Gasteiger partial charge is 0.256 e. The van der Waals surface area contributed by atoms with E-state index < -0.39 is 0 Å². The number of hydrogen-bond acceptors (Lipinski definition) is 4. The number of aliphatic hydroxyl groups excluding tert-OH is 1. The molecule has 1 aromatic carbocycles. The third kappa shape index (κ3) is 3.57. The summed E-state index contributed by atoms with van der Waals surface area (Å²) < 4.78 is 0. The van der Waals surface area contributed by atoms with Gasteiger partial charge in [-0.15, -0.1) is 0 Å².